The minimum Gasteiger partial charge on any atom is -0.312 e. The van der Waals surface area contributed by atoms with E-state index in [-0.39, 0.29) is 0 Å². The van der Waals surface area contributed by atoms with Gasteiger partial charge in [0.1, 0.15) is 0 Å². The van der Waals surface area contributed by atoms with Crippen LogP contribution < -0.4 is 5.32 Å². The SMILES string of the molecule is CC1CCCC1NCCN(C)CC(F)(F)F. The zero-order valence-corrected chi connectivity index (χ0v) is 9.98. The van der Waals surface area contributed by atoms with Crippen LogP contribution in [0.2, 0.25) is 0 Å². The first kappa shape index (κ1) is 13.8. The highest BCUT2D eigenvalue weighted by Gasteiger charge is 2.29. The number of hydrogen-bond acceptors (Lipinski definition) is 2. The molecule has 0 aromatic rings. The molecule has 2 unspecified atom stereocenters. The molecule has 1 aliphatic carbocycles. The van der Waals surface area contributed by atoms with Crippen molar-refractivity contribution in [2.75, 3.05) is 26.7 Å². The van der Waals surface area contributed by atoms with Crippen LogP contribution in [0.1, 0.15) is 26.2 Å². The highest BCUT2D eigenvalue weighted by atomic mass is 19.4. The van der Waals surface area contributed by atoms with Crippen molar-refractivity contribution in [2.24, 2.45) is 5.92 Å². The maximum atomic E-state index is 12.0. The molecule has 1 fully saturated rings. The molecular weight excluding hydrogens is 217 g/mol. The molecule has 0 aromatic heterocycles. The molecule has 0 heterocycles. The van der Waals surface area contributed by atoms with E-state index in [1.807, 2.05) is 0 Å². The minimum atomic E-state index is -4.09. The van der Waals surface area contributed by atoms with E-state index in [1.54, 1.807) is 0 Å². The summed E-state index contributed by atoms with van der Waals surface area (Å²) in [6.45, 7) is 2.46. The molecule has 0 spiro atoms. The van der Waals surface area contributed by atoms with E-state index < -0.39 is 12.7 Å². The van der Waals surface area contributed by atoms with E-state index in [9.17, 15) is 13.2 Å². The van der Waals surface area contributed by atoms with Gasteiger partial charge < -0.3 is 5.32 Å². The van der Waals surface area contributed by atoms with E-state index in [0.29, 0.717) is 25.0 Å². The van der Waals surface area contributed by atoms with Crippen LogP contribution >= 0.6 is 0 Å². The summed E-state index contributed by atoms with van der Waals surface area (Å²) in [6, 6.07) is 0.499. The predicted molar refractivity (Wildman–Crippen MR) is 58.4 cm³/mol. The molecule has 0 radical (unpaired) electrons. The number of nitrogens with one attached hydrogen (secondary N) is 1. The van der Waals surface area contributed by atoms with Gasteiger partial charge in [0.05, 0.1) is 6.54 Å². The van der Waals surface area contributed by atoms with Gasteiger partial charge in [0.2, 0.25) is 0 Å². The Hall–Kier alpha value is -0.290. The van der Waals surface area contributed by atoms with E-state index in [4.69, 9.17) is 0 Å². The normalized spacial score (nSPS) is 26.6. The third-order valence-corrected chi connectivity index (χ3v) is 3.21. The minimum absolute atomic E-state index is 0.447. The van der Waals surface area contributed by atoms with Gasteiger partial charge in [-0.1, -0.05) is 13.3 Å². The Balaban J connectivity index is 2.10. The van der Waals surface area contributed by atoms with Crippen molar-refractivity contribution in [1.29, 1.82) is 0 Å². The molecule has 2 atom stereocenters. The fourth-order valence-electron chi connectivity index (χ4n) is 2.27. The fourth-order valence-corrected chi connectivity index (χ4v) is 2.27. The van der Waals surface area contributed by atoms with E-state index in [2.05, 4.69) is 12.2 Å². The largest absolute Gasteiger partial charge is 0.401 e. The summed E-state index contributed by atoms with van der Waals surface area (Å²) < 4.78 is 36.1. The summed E-state index contributed by atoms with van der Waals surface area (Å²) in [4.78, 5) is 1.31. The Morgan fingerprint density at radius 1 is 1.31 bits per heavy atom. The van der Waals surface area contributed by atoms with Crippen molar-refractivity contribution >= 4 is 0 Å². The van der Waals surface area contributed by atoms with Crippen LogP contribution in [0.3, 0.4) is 0 Å². The van der Waals surface area contributed by atoms with Crippen LogP contribution in [0, 0.1) is 5.92 Å². The lowest BCUT2D eigenvalue weighted by Gasteiger charge is -2.21. The second-order valence-corrected chi connectivity index (χ2v) is 4.82. The summed E-state index contributed by atoms with van der Waals surface area (Å²) in [7, 11) is 1.51. The van der Waals surface area contributed by atoms with Gasteiger partial charge in [-0.15, -0.1) is 0 Å². The van der Waals surface area contributed by atoms with Crippen molar-refractivity contribution in [2.45, 2.75) is 38.4 Å². The number of alkyl halides is 3. The van der Waals surface area contributed by atoms with Crippen LogP contribution in [0.25, 0.3) is 0 Å². The number of hydrogen-bond donors (Lipinski definition) is 1. The lowest BCUT2D eigenvalue weighted by Crippen LogP contribution is -2.39. The second kappa shape index (κ2) is 5.87. The first-order valence-corrected chi connectivity index (χ1v) is 5.87. The average Bonchev–Trinajstić information content (AvgIpc) is 2.48. The van der Waals surface area contributed by atoms with Crippen LogP contribution in [-0.4, -0.2) is 43.8 Å². The molecule has 0 aromatic carbocycles. The number of nitrogens with zero attached hydrogens (tertiary/aromatic N) is 1. The third-order valence-electron chi connectivity index (χ3n) is 3.21. The monoisotopic (exact) mass is 238 g/mol. The van der Waals surface area contributed by atoms with Crippen molar-refractivity contribution in [3.8, 4) is 0 Å². The van der Waals surface area contributed by atoms with Crippen molar-refractivity contribution in [3.05, 3.63) is 0 Å². The zero-order valence-electron chi connectivity index (χ0n) is 9.98. The molecule has 96 valence electrons. The van der Waals surface area contributed by atoms with Gasteiger partial charge in [0.25, 0.3) is 0 Å². The summed E-state index contributed by atoms with van der Waals surface area (Å²) in [5.74, 6) is 0.660. The predicted octanol–water partition coefficient (Wildman–Crippen LogP) is 2.26. The lowest BCUT2D eigenvalue weighted by molar-refractivity contribution is -0.142. The first-order valence-electron chi connectivity index (χ1n) is 5.87. The fraction of sp³-hybridized carbons (Fsp3) is 1.00. The Morgan fingerprint density at radius 3 is 2.50 bits per heavy atom. The van der Waals surface area contributed by atoms with Crippen molar-refractivity contribution < 1.29 is 13.2 Å². The molecule has 0 bridgehead atoms. The zero-order chi connectivity index (χ0) is 12.2. The number of halogens is 3. The quantitative estimate of drug-likeness (QED) is 0.790. The lowest BCUT2D eigenvalue weighted by atomic mass is 10.1. The Morgan fingerprint density at radius 2 is 2.00 bits per heavy atom. The highest BCUT2D eigenvalue weighted by molar-refractivity contribution is 4.80. The molecule has 0 aliphatic heterocycles. The molecule has 1 saturated carbocycles. The van der Waals surface area contributed by atoms with Crippen LogP contribution in [0.15, 0.2) is 0 Å². The second-order valence-electron chi connectivity index (χ2n) is 4.82. The Kier molecular flexibility index (Phi) is 5.05. The summed E-state index contributed by atoms with van der Waals surface area (Å²) in [5.41, 5.74) is 0. The average molecular weight is 238 g/mol. The Bertz CT molecular complexity index is 206. The van der Waals surface area contributed by atoms with Gasteiger partial charge in [0, 0.05) is 19.1 Å². The van der Waals surface area contributed by atoms with Gasteiger partial charge in [-0.2, -0.15) is 13.2 Å². The number of rotatable bonds is 5. The van der Waals surface area contributed by atoms with Crippen molar-refractivity contribution in [1.82, 2.24) is 10.2 Å². The molecule has 0 amide bonds. The van der Waals surface area contributed by atoms with Gasteiger partial charge >= 0.3 is 6.18 Å². The molecule has 1 N–H and O–H groups in total. The highest BCUT2D eigenvalue weighted by Crippen LogP contribution is 2.24. The van der Waals surface area contributed by atoms with E-state index in [1.165, 1.54) is 24.8 Å². The summed E-state index contributed by atoms with van der Waals surface area (Å²) in [6.07, 6.45) is -0.465. The third kappa shape index (κ3) is 5.16. The summed E-state index contributed by atoms with van der Waals surface area (Å²) >= 11 is 0. The maximum Gasteiger partial charge on any atom is 0.401 e. The van der Waals surface area contributed by atoms with Crippen LogP contribution in [-0.2, 0) is 0 Å². The molecular formula is C11H21F3N2. The van der Waals surface area contributed by atoms with Crippen molar-refractivity contribution in [3.63, 3.8) is 0 Å². The topological polar surface area (TPSA) is 15.3 Å². The molecule has 16 heavy (non-hydrogen) atoms. The molecule has 1 rings (SSSR count). The van der Waals surface area contributed by atoms with Gasteiger partial charge in [-0.05, 0) is 25.8 Å². The van der Waals surface area contributed by atoms with Gasteiger partial charge in [0.15, 0.2) is 0 Å². The first-order chi connectivity index (χ1) is 7.38. The van der Waals surface area contributed by atoms with E-state index >= 15 is 0 Å². The molecule has 1 aliphatic rings. The maximum absolute atomic E-state index is 12.0. The van der Waals surface area contributed by atoms with Gasteiger partial charge in [-0.3, -0.25) is 4.90 Å². The summed E-state index contributed by atoms with van der Waals surface area (Å²) in [5, 5.41) is 3.34. The molecule has 5 heteroatoms. The molecule has 0 saturated heterocycles. The molecule has 2 nitrogen and oxygen atoms in total. The van der Waals surface area contributed by atoms with Gasteiger partial charge in [-0.25, -0.2) is 0 Å². The van der Waals surface area contributed by atoms with Crippen LogP contribution in [0.4, 0.5) is 13.2 Å². The smallest absolute Gasteiger partial charge is 0.312 e. The van der Waals surface area contributed by atoms with Crippen LogP contribution in [0.5, 0.6) is 0 Å². The number of likely N-dealkylation sites (N-methyl/N-ethyl adjacent to an activating group) is 1. The van der Waals surface area contributed by atoms with E-state index in [0.717, 1.165) is 6.42 Å². The standard InChI is InChI=1S/C11H21F3N2/c1-9-4-3-5-10(9)15-6-7-16(2)8-11(12,13)14/h9-10,15H,3-8H2,1-2H3. The Labute approximate surface area is 95.2 Å².